The van der Waals surface area contributed by atoms with E-state index in [1.165, 1.54) is 12.8 Å². The van der Waals surface area contributed by atoms with E-state index in [1.807, 2.05) is 9.80 Å². The molecule has 3 aliphatic carbocycles. The third-order valence-electron chi connectivity index (χ3n) is 8.92. The fraction of sp³-hybridized carbons (Fsp3) is 0.708. The highest BCUT2D eigenvalue weighted by Crippen LogP contribution is 2.57. The van der Waals surface area contributed by atoms with Crippen LogP contribution in [0.3, 0.4) is 0 Å². The molecule has 12 heteroatoms. The molecule has 2 aromatic heterocycles. The molecular formula is C24H28F3N7O2. The molecule has 2 saturated heterocycles. The lowest BCUT2D eigenvalue weighted by Gasteiger charge is -2.63. The predicted molar refractivity (Wildman–Crippen MR) is 120 cm³/mol. The minimum Gasteiger partial charge on any atom is -0.323 e. The van der Waals surface area contributed by atoms with E-state index < -0.39 is 17.4 Å². The molecule has 0 radical (unpaired) electrons. The molecule has 5 aliphatic rings. The summed E-state index contributed by atoms with van der Waals surface area (Å²) in [7, 11) is 0. The standard InChI is InChI=1S/C24H28F3N7O2/c25-24(26,27)17-9-32(18(35)7-28-17)8-14-3-22(4-14)10-33(11-22)21(36)34-12-23(13-34)5-16(6-23)20-29-19(30-31-20)15-1-2-15/h7,9,14-16H,1-6,8,10-13H2,(H,29,30,31). The maximum atomic E-state index is 12.9. The van der Waals surface area contributed by atoms with E-state index >= 15 is 0 Å². The summed E-state index contributed by atoms with van der Waals surface area (Å²) in [5, 5.41) is 7.48. The van der Waals surface area contributed by atoms with Gasteiger partial charge in [-0.2, -0.15) is 18.3 Å². The number of likely N-dealkylation sites (tertiary alicyclic amines) is 2. The van der Waals surface area contributed by atoms with Crippen LogP contribution in [-0.4, -0.2) is 66.7 Å². The Labute approximate surface area is 205 Å². The van der Waals surface area contributed by atoms with E-state index in [-0.39, 0.29) is 29.3 Å². The van der Waals surface area contributed by atoms with Gasteiger partial charge in [0.05, 0.1) is 6.20 Å². The number of carbonyl (C=O) groups excluding carboxylic acids is 1. The van der Waals surface area contributed by atoms with E-state index in [0.717, 1.165) is 67.4 Å². The molecule has 2 spiro atoms. The molecule has 2 amide bonds. The Morgan fingerprint density at radius 2 is 1.67 bits per heavy atom. The van der Waals surface area contributed by atoms with E-state index in [0.29, 0.717) is 24.9 Å². The molecule has 7 rings (SSSR count). The first-order valence-corrected chi connectivity index (χ1v) is 12.7. The van der Waals surface area contributed by atoms with Crippen LogP contribution in [0.25, 0.3) is 0 Å². The number of hydrogen-bond donors (Lipinski definition) is 1. The zero-order chi connectivity index (χ0) is 24.9. The lowest BCUT2D eigenvalue weighted by atomic mass is 9.57. The quantitative estimate of drug-likeness (QED) is 0.692. The Balaban J connectivity index is 0.863. The Morgan fingerprint density at radius 1 is 1.03 bits per heavy atom. The Kier molecular flexibility index (Phi) is 4.53. The van der Waals surface area contributed by atoms with Gasteiger partial charge in [-0.3, -0.25) is 9.89 Å². The summed E-state index contributed by atoms with van der Waals surface area (Å²) in [5.74, 6) is 3.06. The van der Waals surface area contributed by atoms with Crippen molar-refractivity contribution >= 4 is 6.03 Å². The summed E-state index contributed by atoms with van der Waals surface area (Å²) in [4.78, 5) is 36.6. The van der Waals surface area contributed by atoms with E-state index in [1.54, 1.807) is 0 Å². The van der Waals surface area contributed by atoms with E-state index in [9.17, 15) is 22.8 Å². The van der Waals surface area contributed by atoms with Gasteiger partial charge in [-0.05, 0) is 44.4 Å². The van der Waals surface area contributed by atoms with Crippen molar-refractivity contribution in [2.45, 2.75) is 63.1 Å². The molecule has 5 fully saturated rings. The molecule has 2 aromatic rings. The van der Waals surface area contributed by atoms with Crippen molar-refractivity contribution in [3.05, 3.63) is 40.1 Å². The minimum absolute atomic E-state index is 0.0551. The molecule has 0 atom stereocenters. The SMILES string of the molecule is O=C(N1CC2(CC(Cn3cc(C(F)(F)F)ncc3=O)C2)C1)N1CC2(CC(c3nc(C4CC4)n[nH]3)C2)C1. The van der Waals surface area contributed by atoms with Gasteiger partial charge >= 0.3 is 12.2 Å². The summed E-state index contributed by atoms with van der Waals surface area (Å²) < 4.78 is 39.9. The summed E-state index contributed by atoms with van der Waals surface area (Å²) in [6, 6.07) is 0.0917. The number of hydrogen-bond acceptors (Lipinski definition) is 5. The van der Waals surface area contributed by atoms with Gasteiger partial charge in [-0.25, -0.2) is 14.8 Å². The van der Waals surface area contributed by atoms with Crippen LogP contribution in [0.1, 0.15) is 67.7 Å². The van der Waals surface area contributed by atoms with Crippen LogP contribution in [0.15, 0.2) is 17.2 Å². The third-order valence-corrected chi connectivity index (χ3v) is 8.92. The zero-order valence-corrected chi connectivity index (χ0v) is 19.8. The van der Waals surface area contributed by atoms with Crippen molar-refractivity contribution in [1.29, 1.82) is 0 Å². The number of nitrogens with one attached hydrogen (secondary N) is 1. The van der Waals surface area contributed by atoms with Crippen molar-refractivity contribution in [2.24, 2.45) is 16.7 Å². The lowest BCUT2D eigenvalue weighted by Crippen LogP contribution is -2.71. The topological polar surface area (TPSA) is 100 Å². The van der Waals surface area contributed by atoms with Gasteiger partial charge in [0.25, 0.3) is 5.56 Å². The Morgan fingerprint density at radius 3 is 2.28 bits per heavy atom. The largest absolute Gasteiger partial charge is 0.434 e. The highest BCUT2D eigenvalue weighted by atomic mass is 19.4. The molecule has 36 heavy (non-hydrogen) atoms. The first kappa shape index (κ1) is 22.3. The number of halogens is 3. The van der Waals surface area contributed by atoms with E-state index in [4.69, 9.17) is 0 Å². The van der Waals surface area contributed by atoms with E-state index in [2.05, 4.69) is 20.2 Å². The molecule has 3 saturated carbocycles. The number of aromatic nitrogens is 5. The van der Waals surface area contributed by atoms with Gasteiger partial charge in [-0.1, -0.05) is 0 Å². The summed E-state index contributed by atoms with van der Waals surface area (Å²) in [6.07, 6.45) is 3.08. The second-order valence-electron chi connectivity index (χ2n) is 12.0. The van der Waals surface area contributed by atoms with Crippen LogP contribution < -0.4 is 5.56 Å². The second-order valence-corrected chi connectivity index (χ2v) is 12.0. The molecule has 9 nitrogen and oxygen atoms in total. The molecule has 1 N–H and O–H groups in total. The maximum absolute atomic E-state index is 12.9. The van der Waals surface area contributed by atoms with Crippen LogP contribution in [-0.2, 0) is 12.7 Å². The first-order chi connectivity index (χ1) is 17.1. The normalized spacial score (nSPS) is 24.9. The Bertz CT molecular complexity index is 1250. The van der Waals surface area contributed by atoms with Crippen LogP contribution in [0, 0.1) is 16.7 Å². The van der Waals surface area contributed by atoms with Gasteiger partial charge in [0.2, 0.25) is 0 Å². The number of nitrogens with zero attached hydrogens (tertiary/aromatic N) is 6. The van der Waals surface area contributed by atoms with Crippen molar-refractivity contribution in [2.75, 3.05) is 26.2 Å². The zero-order valence-electron chi connectivity index (χ0n) is 19.8. The fourth-order valence-electron chi connectivity index (χ4n) is 6.99. The predicted octanol–water partition coefficient (Wildman–Crippen LogP) is 2.97. The summed E-state index contributed by atoms with van der Waals surface area (Å²) in [5.41, 5.74) is -1.29. The average Bonchev–Trinajstić information content (AvgIpc) is 3.45. The van der Waals surface area contributed by atoms with Gasteiger partial charge < -0.3 is 14.4 Å². The number of amides is 2. The average molecular weight is 504 g/mol. The molecule has 0 bridgehead atoms. The number of aromatic amines is 1. The van der Waals surface area contributed by atoms with Crippen molar-refractivity contribution in [1.82, 2.24) is 34.5 Å². The van der Waals surface area contributed by atoms with Crippen LogP contribution in [0.4, 0.5) is 18.0 Å². The number of rotatable bonds is 4. The van der Waals surface area contributed by atoms with Crippen molar-refractivity contribution in [3.8, 4) is 0 Å². The highest BCUT2D eigenvalue weighted by Gasteiger charge is 2.58. The summed E-state index contributed by atoms with van der Waals surface area (Å²) in [6.45, 7) is 3.23. The smallest absolute Gasteiger partial charge is 0.323 e. The highest BCUT2D eigenvalue weighted by molar-refractivity contribution is 5.77. The van der Waals surface area contributed by atoms with Crippen molar-refractivity contribution < 1.29 is 18.0 Å². The number of H-pyrrole nitrogens is 1. The van der Waals surface area contributed by atoms with Crippen molar-refractivity contribution in [3.63, 3.8) is 0 Å². The number of urea groups is 1. The third kappa shape index (κ3) is 3.62. The van der Waals surface area contributed by atoms with Gasteiger partial charge in [0.1, 0.15) is 5.82 Å². The monoisotopic (exact) mass is 503 g/mol. The number of carbonyl (C=O) groups is 1. The molecule has 2 aliphatic heterocycles. The minimum atomic E-state index is -4.57. The van der Waals surface area contributed by atoms with Gasteiger partial charge in [0.15, 0.2) is 11.5 Å². The fourth-order valence-corrected chi connectivity index (χ4v) is 6.99. The first-order valence-electron chi connectivity index (χ1n) is 12.7. The van der Waals surface area contributed by atoms with Crippen LogP contribution >= 0.6 is 0 Å². The van der Waals surface area contributed by atoms with Gasteiger partial charge in [-0.15, -0.1) is 0 Å². The maximum Gasteiger partial charge on any atom is 0.434 e. The number of alkyl halides is 3. The second kappa shape index (κ2) is 7.32. The lowest BCUT2D eigenvalue weighted by molar-refractivity contribution is -0.141. The van der Waals surface area contributed by atoms with Crippen LogP contribution in [0.2, 0.25) is 0 Å². The van der Waals surface area contributed by atoms with Gasteiger partial charge in [0, 0.05) is 61.6 Å². The molecule has 192 valence electrons. The molecular weight excluding hydrogens is 475 g/mol. The Hall–Kier alpha value is -2.92. The molecule has 4 heterocycles. The molecule has 0 unspecified atom stereocenters. The molecule has 0 aromatic carbocycles. The summed E-state index contributed by atoms with van der Waals surface area (Å²) >= 11 is 0. The van der Waals surface area contributed by atoms with Crippen LogP contribution in [0.5, 0.6) is 0 Å².